The maximum absolute atomic E-state index is 13.1. The maximum Gasteiger partial charge on any atom is 0.165 e. The van der Waals surface area contributed by atoms with Gasteiger partial charge in [-0.25, -0.2) is 17.6 Å². The Morgan fingerprint density at radius 3 is 1.79 bits per heavy atom. The third-order valence-corrected chi connectivity index (χ3v) is 1.92. The Hall–Kier alpha value is -1.32. The Morgan fingerprint density at radius 1 is 1.00 bits per heavy atom. The van der Waals surface area contributed by atoms with Crippen molar-refractivity contribution in [3.05, 3.63) is 47.1 Å². The fraction of sp³-hybridized carbons (Fsp3) is 0.200. The van der Waals surface area contributed by atoms with Gasteiger partial charge in [0.05, 0.1) is 0 Å². The number of halogens is 4. The molecular weight excluding hydrogens is 196 g/mol. The van der Waals surface area contributed by atoms with Crippen LogP contribution in [0.4, 0.5) is 17.6 Å². The molecule has 0 heterocycles. The summed E-state index contributed by atoms with van der Waals surface area (Å²) in [4.78, 5) is 0. The van der Waals surface area contributed by atoms with E-state index in [1.54, 1.807) is 0 Å². The van der Waals surface area contributed by atoms with Gasteiger partial charge in [0.15, 0.2) is 23.3 Å². The van der Waals surface area contributed by atoms with Crippen LogP contribution in [0.25, 0.3) is 0 Å². The van der Waals surface area contributed by atoms with Crippen LogP contribution in [0.5, 0.6) is 0 Å². The summed E-state index contributed by atoms with van der Waals surface area (Å²) in [5.74, 6) is -5.39. The van der Waals surface area contributed by atoms with Crippen molar-refractivity contribution >= 4 is 0 Å². The molecule has 0 aliphatic carbocycles. The SMILES string of the molecule is C=CCc1c(F)c(F)c(C)c(F)c1F. The number of benzene rings is 1. The van der Waals surface area contributed by atoms with Crippen LogP contribution in [0.15, 0.2) is 12.7 Å². The highest BCUT2D eigenvalue weighted by Crippen LogP contribution is 2.23. The van der Waals surface area contributed by atoms with Crippen molar-refractivity contribution in [1.29, 1.82) is 0 Å². The summed E-state index contributed by atoms with van der Waals surface area (Å²) in [6, 6.07) is 0. The topological polar surface area (TPSA) is 0 Å². The second-order valence-electron chi connectivity index (χ2n) is 2.85. The minimum atomic E-state index is -1.35. The normalized spacial score (nSPS) is 10.4. The summed E-state index contributed by atoms with van der Waals surface area (Å²) in [6.45, 7) is 4.22. The Labute approximate surface area is 78.9 Å². The molecule has 0 aromatic heterocycles. The van der Waals surface area contributed by atoms with Crippen LogP contribution in [-0.2, 0) is 6.42 Å². The molecule has 0 radical (unpaired) electrons. The molecule has 0 nitrogen and oxygen atoms in total. The zero-order valence-corrected chi connectivity index (χ0v) is 7.50. The van der Waals surface area contributed by atoms with Crippen LogP contribution in [0.3, 0.4) is 0 Å². The molecule has 4 heteroatoms. The zero-order valence-electron chi connectivity index (χ0n) is 7.50. The monoisotopic (exact) mass is 204 g/mol. The molecule has 0 fully saturated rings. The van der Waals surface area contributed by atoms with Gasteiger partial charge < -0.3 is 0 Å². The minimum Gasteiger partial charge on any atom is -0.203 e. The largest absolute Gasteiger partial charge is 0.203 e. The lowest BCUT2D eigenvalue weighted by atomic mass is 10.1. The third kappa shape index (κ3) is 1.52. The Morgan fingerprint density at radius 2 is 1.43 bits per heavy atom. The van der Waals surface area contributed by atoms with Gasteiger partial charge >= 0.3 is 0 Å². The fourth-order valence-corrected chi connectivity index (χ4v) is 1.11. The molecule has 0 aliphatic heterocycles. The average Bonchev–Trinajstić information content (AvgIpc) is 2.19. The van der Waals surface area contributed by atoms with Gasteiger partial charge in [0.2, 0.25) is 0 Å². The molecule has 1 rings (SSSR count). The highest BCUT2D eigenvalue weighted by molar-refractivity contribution is 5.30. The second kappa shape index (κ2) is 3.82. The smallest absolute Gasteiger partial charge is 0.165 e. The van der Waals surface area contributed by atoms with Crippen LogP contribution >= 0.6 is 0 Å². The van der Waals surface area contributed by atoms with Gasteiger partial charge in [-0.05, 0) is 13.3 Å². The average molecular weight is 204 g/mol. The van der Waals surface area contributed by atoms with E-state index in [1.165, 1.54) is 6.08 Å². The number of allylic oxidation sites excluding steroid dienone is 1. The first-order valence-corrected chi connectivity index (χ1v) is 3.93. The predicted molar refractivity (Wildman–Crippen MR) is 44.9 cm³/mol. The molecule has 14 heavy (non-hydrogen) atoms. The molecule has 0 spiro atoms. The number of hydrogen-bond acceptors (Lipinski definition) is 0. The molecule has 0 saturated heterocycles. The first kappa shape index (κ1) is 10.8. The van der Waals surface area contributed by atoms with Crippen molar-refractivity contribution in [1.82, 2.24) is 0 Å². The van der Waals surface area contributed by atoms with E-state index in [0.29, 0.717) is 0 Å². The van der Waals surface area contributed by atoms with Crippen LogP contribution in [0.2, 0.25) is 0 Å². The number of hydrogen-bond donors (Lipinski definition) is 0. The summed E-state index contributed by atoms with van der Waals surface area (Å²) >= 11 is 0. The molecule has 0 saturated carbocycles. The van der Waals surface area contributed by atoms with Crippen LogP contribution in [0.1, 0.15) is 11.1 Å². The lowest BCUT2D eigenvalue weighted by molar-refractivity contribution is 0.434. The van der Waals surface area contributed by atoms with Crippen molar-refractivity contribution in [3.8, 4) is 0 Å². The molecular formula is C10H8F4. The zero-order chi connectivity index (χ0) is 10.9. The molecule has 76 valence electrons. The Balaban J connectivity index is 3.50. The summed E-state index contributed by atoms with van der Waals surface area (Å²) in [7, 11) is 0. The van der Waals surface area contributed by atoms with Gasteiger partial charge in [0, 0.05) is 11.1 Å². The van der Waals surface area contributed by atoms with E-state index in [4.69, 9.17) is 0 Å². The summed E-state index contributed by atoms with van der Waals surface area (Å²) in [5.41, 5.74) is -1.27. The van der Waals surface area contributed by atoms with Crippen molar-refractivity contribution in [2.24, 2.45) is 0 Å². The van der Waals surface area contributed by atoms with Crippen molar-refractivity contribution in [2.75, 3.05) is 0 Å². The predicted octanol–water partition coefficient (Wildman–Crippen LogP) is 3.28. The summed E-state index contributed by atoms with van der Waals surface area (Å²) in [5, 5.41) is 0. The summed E-state index contributed by atoms with van der Waals surface area (Å²) < 4.78 is 52.0. The van der Waals surface area contributed by atoms with E-state index >= 15 is 0 Å². The van der Waals surface area contributed by atoms with E-state index in [1.807, 2.05) is 0 Å². The van der Waals surface area contributed by atoms with Crippen LogP contribution in [-0.4, -0.2) is 0 Å². The third-order valence-electron chi connectivity index (χ3n) is 1.92. The van der Waals surface area contributed by atoms with Gasteiger partial charge in [0.1, 0.15) is 0 Å². The minimum absolute atomic E-state index is 0.244. The maximum atomic E-state index is 13.1. The van der Waals surface area contributed by atoms with Crippen molar-refractivity contribution in [3.63, 3.8) is 0 Å². The van der Waals surface area contributed by atoms with E-state index < -0.39 is 34.4 Å². The lowest BCUT2D eigenvalue weighted by Gasteiger charge is -2.07. The lowest BCUT2D eigenvalue weighted by Crippen LogP contribution is -2.05. The number of rotatable bonds is 2. The Bertz CT molecular complexity index is 353. The molecule has 1 aromatic carbocycles. The first-order chi connectivity index (χ1) is 6.50. The fourth-order valence-electron chi connectivity index (χ4n) is 1.11. The van der Waals surface area contributed by atoms with Crippen LogP contribution in [0, 0.1) is 30.2 Å². The van der Waals surface area contributed by atoms with Gasteiger partial charge in [-0.2, -0.15) is 0 Å². The molecule has 0 N–H and O–H groups in total. The van der Waals surface area contributed by atoms with E-state index in [0.717, 1.165) is 6.92 Å². The highest BCUT2D eigenvalue weighted by Gasteiger charge is 2.21. The molecule has 0 atom stereocenters. The van der Waals surface area contributed by atoms with Gasteiger partial charge in [-0.3, -0.25) is 0 Å². The van der Waals surface area contributed by atoms with Crippen molar-refractivity contribution in [2.45, 2.75) is 13.3 Å². The first-order valence-electron chi connectivity index (χ1n) is 3.93. The van der Waals surface area contributed by atoms with Gasteiger partial charge in [0.25, 0.3) is 0 Å². The van der Waals surface area contributed by atoms with Gasteiger partial charge in [-0.1, -0.05) is 6.08 Å². The standard InChI is InChI=1S/C10H8F4/c1-3-4-6-9(13)7(11)5(2)8(12)10(6)14/h3H,1,4H2,2H3. The molecule has 1 aromatic rings. The summed E-state index contributed by atoms with van der Waals surface area (Å²) in [6.07, 6.45) is 0.932. The van der Waals surface area contributed by atoms with Crippen LogP contribution < -0.4 is 0 Å². The molecule has 0 aliphatic rings. The quantitative estimate of drug-likeness (QED) is 0.394. The molecule has 0 amide bonds. The van der Waals surface area contributed by atoms with E-state index in [9.17, 15) is 17.6 Å². The van der Waals surface area contributed by atoms with E-state index in [2.05, 4.69) is 6.58 Å². The molecule has 0 unspecified atom stereocenters. The second-order valence-corrected chi connectivity index (χ2v) is 2.85. The van der Waals surface area contributed by atoms with E-state index in [-0.39, 0.29) is 6.42 Å². The van der Waals surface area contributed by atoms with Gasteiger partial charge in [-0.15, -0.1) is 6.58 Å². The highest BCUT2D eigenvalue weighted by atomic mass is 19.2. The molecule has 0 bridgehead atoms. The van der Waals surface area contributed by atoms with Crippen molar-refractivity contribution < 1.29 is 17.6 Å². The Kier molecular flexibility index (Phi) is 2.93.